The number of rotatable bonds is 8. The molecule has 30 heavy (non-hydrogen) atoms. The first-order valence-electron chi connectivity index (χ1n) is 10.6. The molecule has 6 nitrogen and oxygen atoms in total. The van der Waals surface area contributed by atoms with Gasteiger partial charge < -0.3 is 19.9 Å². The number of benzene rings is 2. The van der Waals surface area contributed by atoms with Gasteiger partial charge in [-0.2, -0.15) is 0 Å². The van der Waals surface area contributed by atoms with E-state index in [-0.39, 0.29) is 11.9 Å². The average molecular weight is 411 g/mol. The van der Waals surface area contributed by atoms with E-state index in [0.717, 1.165) is 37.5 Å². The van der Waals surface area contributed by atoms with Crippen molar-refractivity contribution < 1.29 is 9.53 Å². The van der Waals surface area contributed by atoms with Crippen LogP contribution in [-0.2, 0) is 11.2 Å². The topological polar surface area (TPSA) is 48.1 Å². The number of carbonyl (C=O) groups is 1. The van der Waals surface area contributed by atoms with Crippen LogP contribution < -0.4 is 15.0 Å². The van der Waals surface area contributed by atoms with E-state index in [1.54, 1.807) is 7.11 Å². The van der Waals surface area contributed by atoms with Gasteiger partial charge in [0, 0.05) is 52.5 Å². The minimum atomic E-state index is 0.0456. The van der Waals surface area contributed by atoms with E-state index in [4.69, 9.17) is 4.74 Å². The number of hydrogen-bond acceptors (Lipinski definition) is 5. The van der Waals surface area contributed by atoms with Crippen molar-refractivity contribution in [3.63, 3.8) is 0 Å². The highest BCUT2D eigenvalue weighted by Crippen LogP contribution is 2.24. The third kappa shape index (κ3) is 5.97. The molecule has 1 aliphatic heterocycles. The number of nitrogens with zero attached hydrogens (tertiary/aromatic N) is 3. The van der Waals surface area contributed by atoms with Crippen LogP contribution in [0.3, 0.4) is 0 Å². The molecule has 6 heteroatoms. The number of hydrogen-bond donors (Lipinski definition) is 1. The molecule has 1 aliphatic rings. The highest BCUT2D eigenvalue weighted by Gasteiger charge is 2.24. The van der Waals surface area contributed by atoms with E-state index in [9.17, 15) is 4.79 Å². The predicted octanol–water partition coefficient (Wildman–Crippen LogP) is 2.41. The summed E-state index contributed by atoms with van der Waals surface area (Å²) in [5.41, 5.74) is 3.41. The Balaban J connectivity index is 1.66. The third-order valence-corrected chi connectivity index (χ3v) is 5.79. The molecule has 0 spiro atoms. The zero-order valence-electron chi connectivity index (χ0n) is 18.6. The monoisotopic (exact) mass is 410 g/mol. The van der Waals surface area contributed by atoms with Crippen LogP contribution in [-0.4, -0.2) is 76.7 Å². The summed E-state index contributed by atoms with van der Waals surface area (Å²) in [4.78, 5) is 19.5. The van der Waals surface area contributed by atoms with Crippen LogP contribution in [0.5, 0.6) is 5.75 Å². The highest BCUT2D eigenvalue weighted by atomic mass is 16.5. The molecular formula is C24H34N4O2. The third-order valence-electron chi connectivity index (χ3n) is 5.79. The first-order chi connectivity index (χ1) is 14.5. The van der Waals surface area contributed by atoms with E-state index in [0.29, 0.717) is 13.0 Å². The molecule has 1 saturated heterocycles. The number of carbonyl (C=O) groups excluding carboxylic acids is 1. The van der Waals surface area contributed by atoms with Crippen LogP contribution in [0.4, 0.5) is 5.69 Å². The molecule has 2 aromatic carbocycles. The summed E-state index contributed by atoms with van der Waals surface area (Å²) in [6, 6.07) is 16.5. The molecule has 1 fully saturated rings. The van der Waals surface area contributed by atoms with Gasteiger partial charge in [0.1, 0.15) is 5.75 Å². The predicted molar refractivity (Wildman–Crippen MR) is 122 cm³/mol. The Morgan fingerprint density at radius 3 is 2.23 bits per heavy atom. The Hall–Kier alpha value is -2.57. The molecule has 1 heterocycles. The van der Waals surface area contributed by atoms with Gasteiger partial charge in [0.15, 0.2) is 0 Å². The molecule has 0 saturated carbocycles. The Morgan fingerprint density at radius 1 is 1.03 bits per heavy atom. The van der Waals surface area contributed by atoms with Gasteiger partial charge in [-0.05, 0) is 42.4 Å². The maximum atomic E-state index is 12.6. The number of nitrogens with one attached hydrogen (secondary N) is 1. The number of methoxy groups -OCH3 is 1. The van der Waals surface area contributed by atoms with Gasteiger partial charge in [0.2, 0.25) is 5.91 Å². The van der Waals surface area contributed by atoms with Crippen molar-refractivity contribution in [1.29, 1.82) is 0 Å². The van der Waals surface area contributed by atoms with Crippen molar-refractivity contribution in [2.75, 3.05) is 65.9 Å². The Morgan fingerprint density at radius 2 is 1.67 bits per heavy atom. The zero-order chi connectivity index (χ0) is 21.5. The van der Waals surface area contributed by atoms with Crippen molar-refractivity contribution in [2.45, 2.75) is 12.5 Å². The van der Waals surface area contributed by atoms with Gasteiger partial charge >= 0.3 is 0 Å². The summed E-state index contributed by atoms with van der Waals surface area (Å²) in [5.74, 6) is 0.847. The fraction of sp³-hybridized carbons (Fsp3) is 0.458. The van der Waals surface area contributed by atoms with Crippen LogP contribution in [0.2, 0.25) is 0 Å². The Labute approximate surface area is 180 Å². The summed E-state index contributed by atoms with van der Waals surface area (Å²) >= 11 is 0. The minimum absolute atomic E-state index is 0.0456. The van der Waals surface area contributed by atoms with Crippen molar-refractivity contribution in [1.82, 2.24) is 15.1 Å². The van der Waals surface area contributed by atoms with Crippen LogP contribution >= 0.6 is 0 Å². The lowest BCUT2D eigenvalue weighted by Crippen LogP contribution is -2.48. The van der Waals surface area contributed by atoms with Gasteiger partial charge in [-0.25, -0.2) is 0 Å². The molecule has 3 rings (SSSR count). The van der Waals surface area contributed by atoms with Crippen molar-refractivity contribution >= 4 is 11.6 Å². The van der Waals surface area contributed by atoms with E-state index >= 15 is 0 Å². The Bertz CT molecular complexity index is 797. The second-order valence-corrected chi connectivity index (χ2v) is 8.17. The molecule has 0 bridgehead atoms. The number of piperazine rings is 1. The van der Waals surface area contributed by atoms with Crippen LogP contribution in [0.15, 0.2) is 48.5 Å². The molecule has 1 atom stereocenters. The lowest BCUT2D eigenvalue weighted by Gasteiger charge is -2.38. The molecule has 0 radical (unpaired) electrons. The molecule has 0 aliphatic carbocycles. The molecule has 2 aromatic rings. The molecule has 1 N–H and O–H groups in total. The zero-order valence-corrected chi connectivity index (χ0v) is 18.6. The van der Waals surface area contributed by atoms with Crippen molar-refractivity contribution in [2.24, 2.45) is 0 Å². The lowest BCUT2D eigenvalue weighted by molar-refractivity contribution is -0.120. The highest BCUT2D eigenvalue weighted by molar-refractivity contribution is 5.78. The smallest absolute Gasteiger partial charge is 0.224 e. The Kier molecular flexibility index (Phi) is 7.71. The van der Waals surface area contributed by atoms with Gasteiger partial charge in [0.25, 0.3) is 0 Å². The molecule has 162 valence electrons. The quantitative estimate of drug-likeness (QED) is 0.724. The van der Waals surface area contributed by atoms with E-state index < -0.39 is 0 Å². The summed E-state index contributed by atoms with van der Waals surface area (Å²) in [6.45, 7) is 4.72. The van der Waals surface area contributed by atoms with Crippen LogP contribution in [0, 0.1) is 0 Å². The normalized spacial score (nSPS) is 16.1. The largest absolute Gasteiger partial charge is 0.497 e. The van der Waals surface area contributed by atoms with E-state index in [1.807, 2.05) is 38.4 Å². The van der Waals surface area contributed by atoms with Crippen LogP contribution in [0.25, 0.3) is 0 Å². The first kappa shape index (κ1) is 22.1. The lowest BCUT2D eigenvalue weighted by atomic mass is 10.0. The fourth-order valence-corrected chi connectivity index (χ4v) is 3.79. The van der Waals surface area contributed by atoms with Gasteiger partial charge in [-0.1, -0.05) is 24.3 Å². The van der Waals surface area contributed by atoms with Crippen molar-refractivity contribution in [3.05, 3.63) is 59.7 Å². The fourth-order valence-electron chi connectivity index (χ4n) is 3.79. The molecular weight excluding hydrogens is 376 g/mol. The number of anilines is 1. The van der Waals surface area contributed by atoms with Crippen LogP contribution in [0.1, 0.15) is 17.2 Å². The van der Waals surface area contributed by atoms with Crippen molar-refractivity contribution in [3.8, 4) is 5.75 Å². The molecule has 1 unspecified atom stereocenters. The van der Waals surface area contributed by atoms with E-state index in [1.165, 1.54) is 11.3 Å². The average Bonchev–Trinajstić information content (AvgIpc) is 2.76. The minimum Gasteiger partial charge on any atom is -0.497 e. The number of likely N-dealkylation sites (N-methyl/N-ethyl adjacent to an activating group) is 1. The first-order valence-corrected chi connectivity index (χ1v) is 10.6. The molecule has 0 aromatic heterocycles. The number of ether oxygens (including phenoxy) is 1. The summed E-state index contributed by atoms with van der Waals surface area (Å²) in [5, 5.41) is 3.17. The standard InChI is InChI=1S/C24H34N4O2/c1-26(2)21-9-7-20(8-10-21)23(28-15-13-27(3)14-16-28)18-25-24(29)17-19-5-11-22(30-4)12-6-19/h5-12,23H,13-18H2,1-4H3,(H,25,29). The molecule has 1 amide bonds. The summed E-state index contributed by atoms with van der Waals surface area (Å²) in [7, 11) is 7.90. The van der Waals surface area contributed by atoms with Gasteiger partial charge in [-0.3, -0.25) is 9.69 Å². The van der Waals surface area contributed by atoms with Gasteiger partial charge in [-0.15, -0.1) is 0 Å². The maximum Gasteiger partial charge on any atom is 0.224 e. The van der Waals surface area contributed by atoms with Gasteiger partial charge in [0.05, 0.1) is 19.6 Å². The number of amides is 1. The van der Waals surface area contributed by atoms with E-state index in [2.05, 4.69) is 51.3 Å². The second kappa shape index (κ2) is 10.5. The maximum absolute atomic E-state index is 12.6. The second-order valence-electron chi connectivity index (χ2n) is 8.17. The summed E-state index contributed by atoms with van der Waals surface area (Å²) < 4.78 is 5.19. The SMILES string of the molecule is COc1ccc(CC(=O)NCC(c2ccc(N(C)C)cc2)N2CCN(C)CC2)cc1. The summed E-state index contributed by atoms with van der Waals surface area (Å²) in [6.07, 6.45) is 0.374.